The highest BCUT2D eigenvalue weighted by Gasteiger charge is 2.32. The first-order chi connectivity index (χ1) is 17.6. The van der Waals surface area contributed by atoms with Crippen LogP contribution in [0, 0.1) is 0 Å². The van der Waals surface area contributed by atoms with E-state index in [1.165, 1.54) is 0 Å². The van der Waals surface area contributed by atoms with E-state index in [0.29, 0.717) is 16.5 Å². The van der Waals surface area contributed by atoms with Gasteiger partial charge >= 0.3 is 6.18 Å². The minimum atomic E-state index is -4.46. The number of alkyl halides is 3. The zero-order valence-corrected chi connectivity index (χ0v) is 20.8. The molecule has 0 aliphatic heterocycles. The van der Waals surface area contributed by atoms with Crippen molar-refractivity contribution in [3.8, 4) is 11.4 Å². The lowest BCUT2D eigenvalue weighted by atomic mass is 10.1. The number of nitrogens with one attached hydrogen (secondary N) is 2. The van der Waals surface area contributed by atoms with Crippen LogP contribution in [-0.2, 0) is 0 Å². The van der Waals surface area contributed by atoms with Gasteiger partial charge in [-0.3, -0.25) is 10.2 Å². The van der Waals surface area contributed by atoms with Crippen molar-refractivity contribution in [2.24, 2.45) is 5.10 Å². The first-order valence-corrected chi connectivity index (χ1v) is 11.9. The summed E-state index contributed by atoms with van der Waals surface area (Å²) in [7, 11) is 1.14. The number of benzene rings is 2. The van der Waals surface area contributed by atoms with E-state index < -0.39 is 18.6 Å². The molecule has 2 aromatic heterocycles. The van der Waals surface area contributed by atoms with E-state index in [1.807, 2.05) is 43.3 Å². The molecule has 2 heterocycles. The number of rotatable bonds is 8. The summed E-state index contributed by atoms with van der Waals surface area (Å²) in [6.45, 7) is 4.04. The molecule has 2 aromatic carbocycles. The Hall–Kier alpha value is -4.25. The first kappa shape index (κ1) is 25.8. The topological polar surface area (TPSA) is 82.5 Å². The van der Waals surface area contributed by atoms with E-state index in [-0.39, 0.29) is 4.88 Å². The molecular formula is C26H23F3N6OS. The smallest absolute Gasteiger partial charge is 0.340 e. The minimum absolute atomic E-state index is 0.236. The van der Waals surface area contributed by atoms with Crippen LogP contribution in [0.25, 0.3) is 27.0 Å². The van der Waals surface area contributed by atoms with Gasteiger partial charge < -0.3 is 10.2 Å². The fourth-order valence-electron chi connectivity index (χ4n) is 3.56. The number of halogens is 3. The van der Waals surface area contributed by atoms with Gasteiger partial charge in [0.15, 0.2) is 5.82 Å². The molecule has 7 nitrogen and oxygen atoms in total. The summed E-state index contributed by atoms with van der Waals surface area (Å²) >= 11 is 1.14. The number of allylic oxidation sites excluding steroid dienone is 1. The zero-order chi connectivity index (χ0) is 26.6. The number of hydrogen-bond donors (Lipinski definition) is 2. The number of carbonyl (C=O) groups is 1. The molecule has 0 unspecified atom stereocenters. The van der Waals surface area contributed by atoms with Gasteiger partial charge in [-0.15, -0.1) is 11.3 Å². The number of fused-ring (bicyclic) bond motifs is 1. The van der Waals surface area contributed by atoms with Gasteiger partial charge in [0.2, 0.25) is 0 Å². The van der Waals surface area contributed by atoms with Crippen LogP contribution in [0.3, 0.4) is 0 Å². The van der Waals surface area contributed by atoms with Crippen LogP contribution in [0.5, 0.6) is 0 Å². The van der Waals surface area contributed by atoms with Gasteiger partial charge in [-0.1, -0.05) is 24.3 Å². The number of hydrogen-bond acceptors (Lipinski definition) is 7. The molecule has 4 rings (SSSR count). The quantitative estimate of drug-likeness (QED) is 0.209. The normalized spacial score (nSPS) is 11.9. The second kappa shape index (κ2) is 10.8. The number of anilines is 2. The van der Waals surface area contributed by atoms with Gasteiger partial charge in [0, 0.05) is 42.1 Å². The van der Waals surface area contributed by atoms with Crippen LogP contribution >= 0.6 is 11.3 Å². The Bertz CT molecular complexity index is 1460. The van der Waals surface area contributed by atoms with Crippen molar-refractivity contribution in [1.29, 1.82) is 0 Å². The third kappa shape index (κ3) is 6.50. The maximum atomic E-state index is 12.7. The highest BCUT2D eigenvalue weighted by Crippen LogP contribution is 2.31. The molecule has 11 heteroatoms. The Balaban J connectivity index is 1.52. The van der Waals surface area contributed by atoms with Gasteiger partial charge in [-0.2, -0.15) is 18.3 Å². The van der Waals surface area contributed by atoms with Crippen LogP contribution in [0.15, 0.2) is 72.1 Å². The van der Waals surface area contributed by atoms with E-state index in [0.717, 1.165) is 50.9 Å². The molecule has 37 heavy (non-hydrogen) atoms. The van der Waals surface area contributed by atoms with Gasteiger partial charge in [-0.25, -0.2) is 9.97 Å². The van der Waals surface area contributed by atoms with E-state index in [1.54, 1.807) is 30.6 Å². The van der Waals surface area contributed by atoms with Crippen molar-refractivity contribution in [3.63, 3.8) is 0 Å². The third-order valence-electron chi connectivity index (χ3n) is 5.39. The molecule has 0 spiro atoms. The van der Waals surface area contributed by atoms with E-state index in [9.17, 15) is 18.0 Å². The number of aromatic nitrogens is 2. The largest absolute Gasteiger partial charge is 0.406 e. The third-order valence-corrected chi connectivity index (χ3v) is 6.48. The summed E-state index contributed by atoms with van der Waals surface area (Å²) in [6.07, 6.45) is -1.06. The summed E-state index contributed by atoms with van der Waals surface area (Å²) in [4.78, 5) is 22.3. The summed E-state index contributed by atoms with van der Waals surface area (Å²) in [5.74, 6) is 0.395. The molecule has 190 valence electrons. The molecule has 0 atom stereocenters. The number of hydrazone groups is 1. The number of carbonyl (C=O) groups excluding carboxylic acids is 1. The van der Waals surface area contributed by atoms with Crippen LogP contribution in [0.1, 0.15) is 22.2 Å². The predicted molar refractivity (Wildman–Crippen MR) is 142 cm³/mol. The maximum Gasteiger partial charge on any atom is 0.406 e. The summed E-state index contributed by atoms with van der Waals surface area (Å²) < 4.78 is 38.8. The zero-order valence-electron chi connectivity index (χ0n) is 20.0. The van der Waals surface area contributed by atoms with E-state index in [2.05, 4.69) is 32.5 Å². The van der Waals surface area contributed by atoms with Gasteiger partial charge in [0.05, 0.1) is 4.88 Å². The van der Waals surface area contributed by atoms with Gasteiger partial charge in [0.1, 0.15) is 12.4 Å². The first-order valence-electron chi connectivity index (χ1n) is 11.1. The highest BCUT2D eigenvalue weighted by atomic mass is 32.1. The number of nitrogens with zero attached hydrogens (tertiary/aromatic N) is 4. The van der Waals surface area contributed by atoms with Crippen molar-refractivity contribution >= 4 is 51.1 Å². The van der Waals surface area contributed by atoms with Crippen LogP contribution in [0.2, 0.25) is 0 Å². The molecule has 0 saturated carbocycles. The standard InChI is InChI=1S/C26H23F3N6OS/c1-16(14-32-30-2)17-6-8-20(9-7-17)33-23-10-11-31-24(34-23)19-5-4-18-12-22(37-21(18)13-19)25(36)35(3)15-26(27,28)29/h4-14,32H,2,15H2,1,3H3,(H,31,33,34)/b16-14+. The molecule has 0 bridgehead atoms. The fraction of sp³-hybridized carbons (Fsp3) is 0.154. The molecular weight excluding hydrogens is 501 g/mol. The fourth-order valence-corrected chi connectivity index (χ4v) is 4.66. The average molecular weight is 525 g/mol. The van der Waals surface area contributed by atoms with Crippen LogP contribution < -0.4 is 10.7 Å². The molecule has 0 radical (unpaired) electrons. The average Bonchev–Trinajstić information content (AvgIpc) is 3.30. The molecule has 4 aromatic rings. The minimum Gasteiger partial charge on any atom is -0.340 e. The molecule has 0 saturated heterocycles. The number of thiophene rings is 1. The molecule has 0 aliphatic rings. The monoisotopic (exact) mass is 524 g/mol. The maximum absolute atomic E-state index is 12.7. The van der Waals surface area contributed by atoms with Gasteiger partial charge in [0.25, 0.3) is 5.91 Å². The Labute approximate surface area is 215 Å². The van der Waals surface area contributed by atoms with Crippen molar-refractivity contribution in [3.05, 3.63) is 77.4 Å². The lowest BCUT2D eigenvalue weighted by molar-refractivity contribution is -0.138. The second-order valence-corrected chi connectivity index (χ2v) is 9.31. The summed E-state index contributed by atoms with van der Waals surface area (Å²) in [6, 6.07) is 16.6. The summed E-state index contributed by atoms with van der Waals surface area (Å²) in [5, 5.41) is 7.61. The van der Waals surface area contributed by atoms with Crippen molar-refractivity contribution in [1.82, 2.24) is 20.3 Å². The Morgan fingerprint density at radius 3 is 2.62 bits per heavy atom. The summed E-state index contributed by atoms with van der Waals surface area (Å²) in [5.41, 5.74) is 6.31. The van der Waals surface area contributed by atoms with Crippen LogP contribution in [-0.4, -0.2) is 47.3 Å². The van der Waals surface area contributed by atoms with Gasteiger partial charge in [-0.05, 0) is 53.8 Å². The van der Waals surface area contributed by atoms with E-state index >= 15 is 0 Å². The highest BCUT2D eigenvalue weighted by molar-refractivity contribution is 7.20. The van der Waals surface area contributed by atoms with E-state index in [4.69, 9.17) is 0 Å². The lowest BCUT2D eigenvalue weighted by Crippen LogP contribution is -2.35. The Morgan fingerprint density at radius 1 is 1.16 bits per heavy atom. The SMILES string of the molecule is C=NN/C=C(\C)c1ccc(Nc2ccnc(-c3ccc4cc(C(=O)N(C)CC(F)(F)F)sc4c3)n2)cc1. The molecule has 1 amide bonds. The predicted octanol–water partition coefficient (Wildman–Crippen LogP) is 6.30. The number of amides is 1. The van der Waals surface area contributed by atoms with Crippen molar-refractivity contribution in [2.75, 3.05) is 18.9 Å². The second-order valence-electron chi connectivity index (χ2n) is 8.22. The molecule has 2 N–H and O–H groups in total. The molecule has 0 fully saturated rings. The van der Waals surface area contributed by atoms with Crippen molar-refractivity contribution in [2.45, 2.75) is 13.1 Å². The molecule has 0 aliphatic carbocycles. The Morgan fingerprint density at radius 2 is 1.92 bits per heavy atom. The Kier molecular flexibility index (Phi) is 7.53. The van der Waals surface area contributed by atoms with Crippen LogP contribution in [0.4, 0.5) is 24.7 Å². The van der Waals surface area contributed by atoms with Crippen molar-refractivity contribution < 1.29 is 18.0 Å². The lowest BCUT2D eigenvalue weighted by Gasteiger charge is -2.17.